The first-order valence-corrected chi connectivity index (χ1v) is 11.9. The number of nitrogens with two attached hydrogens (primary N) is 2. The van der Waals surface area contributed by atoms with E-state index in [-0.39, 0.29) is 41.4 Å². The topological polar surface area (TPSA) is 196 Å². The summed E-state index contributed by atoms with van der Waals surface area (Å²) in [6, 6.07) is 11.9. The molecule has 7 N–H and O–H groups in total. The number of amides is 1. The summed E-state index contributed by atoms with van der Waals surface area (Å²) in [6.07, 6.45) is 1.80. The highest BCUT2D eigenvalue weighted by Gasteiger charge is 2.31. The van der Waals surface area contributed by atoms with E-state index >= 15 is 0 Å². The maximum absolute atomic E-state index is 12.4. The molecule has 1 amide bonds. The highest BCUT2D eigenvalue weighted by atomic mass is 79.9. The number of carbonyl (C=O) groups excluding carboxylic acids is 1. The molecular formula is C25H22BrN9O3. The van der Waals surface area contributed by atoms with Crippen LogP contribution in [-0.4, -0.2) is 30.6 Å². The molecule has 1 aromatic heterocycles. The molecule has 38 heavy (non-hydrogen) atoms. The van der Waals surface area contributed by atoms with Gasteiger partial charge in [0.1, 0.15) is 29.3 Å². The van der Waals surface area contributed by atoms with Gasteiger partial charge in [-0.2, -0.15) is 10.5 Å². The van der Waals surface area contributed by atoms with Crippen LogP contribution in [-0.2, 0) is 4.79 Å². The molecule has 0 saturated carbocycles. The smallest absolute Gasteiger partial charge is 0.262 e. The average molecular weight is 576 g/mol. The fraction of sp³-hybridized carbons (Fsp3) is 0.160. The van der Waals surface area contributed by atoms with Gasteiger partial charge in [0, 0.05) is 11.3 Å². The van der Waals surface area contributed by atoms with Crippen molar-refractivity contribution in [2.45, 2.75) is 13.0 Å². The number of hydrogen-bond donors (Lipinski definition) is 5. The minimum absolute atomic E-state index is 0.0213. The lowest BCUT2D eigenvalue weighted by Crippen LogP contribution is -2.32. The Morgan fingerprint density at radius 2 is 1.97 bits per heavy atom. The Morgan fingerprint density at radius 1 is 1.24 bits per heavy atom. The number of halogens is 1. The first-order valence-electron chi connectivity index (χ1n) is 11.1. The number of nitrogens with one attached hydrogen (secondary N) is 3. The number of aliphatic imine (C=N–C) groups is 1. The van der Waals surface area contributed by atoms with Crippen molar-refractivity contribution in [3.8, 4) is 23.8 Å². The number of nitrogen functional groups attached to an aromatic ring is 2. The quantitative estimate of drug-likeness (QED) is 0.215. The monoisotopic (exact) mass is 575 g/mol. The van der Waals surface area contributed by atoms with E-state index in [9.17, 15) is 10.1 Å². The van der Waals surface area contributed by atoms with E-state index in [0.29, 0.717) is 32.8 Å². The molecule has 1 atom stereocenters. The molecule has 3 aromatic rings. The van der Waals surface area contributed by atoms with E-state index in [2.05, 4.69) is 41.9 Å². The van der Waals surface area contributed by atoms with E-state index < -0.39 is 6.04 Å². The molecule has 0 spiro atoms. The molecule has 2 heterocycles. The number of fused-ring (bicyclic) bond motifs is 1. The Balaban J connectivity index is 1.67. The lowest BCUT2D eigenvalue weighted by atomic mass is 9.95. The Kier molecular flexibility index (Phi) is 7.50. The number of nitriles is 2. The molecule has 1 aliphatic rings. The summed E-state index contributed by atoms with van der Waals surface area (Å²) in [4.78, 5) is 21.2. The van der Waals surface area contributed by atoms with Gasteiger partial charge in [-0.05, 0) is 52.7 Å². The van der Waals surface area contributed by atoms with E-state index in [1.807, 2.05) is 25.1 Å². The van der Waals surface area contributed by atoms with Gasteiger partial charge < -0.3 is 31.6 Å². The lowest BCUT2D eigenvalue weighted by Gasteiger charge is -2.27. The summed E-state index contributed by atoms with van der Waals surface area (Å²) in [7, 11) is 1.46. The summed E-state index contributed by atoms with van der Waals surface area (Å²) < 4.78 is 11.8. The zero-order chi connectivity index (χ0) is 27.4. The fourth-order valence-electron chi connectivity index (χ4n) is 3.83. The summed E-state index contributed by atoms with van der Waals surface area (Å²) >= 11 is 3.49. The van der Waals surface area contributed by atoms with Gasteiger partial charge in [-0.1, -0.05) is 17.7 Å². The summed E-state index contributed by atoms with van der Waals surface area (Å²) in [5.41, 5.74) is 15.0. The van der Waals surface area contributed by atoms with Crippen molar-refractivity contribution in [3.05, 3.63) is 63.1 Å². The molecule has 12 nitrogen and oxygen atoms in total. The summed E-state index contributed by atoms with van der Waals surface area (Å²) in [5, 5.41) is 26.7. The highest BCUT2D eigenvalue weighted by molar-refractivity contribution is 9.10. The maximum Gasteiger partial charge on any atom is 0.262 e. The van der Waals surface area contributed by atoms with Crippen molar-refractivity contribution in [1.82, 2.24) is 10.3 Å². The number of aryl methyl sites for hydroxylation is 1. The van der Waals surface area contributed by atoms with Crippen molar-refractivity contribution in [2.75, 3.05) is 35.8 Å². The van der Waals surface area contributed by atoms with Crippen LogP contribution in [0.3, 0.4) is 0 Å². The molecular weight excluding hydrogens is 554 g/mol. The van der Waals surface area contributed by atoms with E-state index in [1.165, 1.54) is 7.11 Å². The molecule has 0 saturated heterocycles. The number of pyridine rings is 1. The molecule has 13 heteroatoms. The first-order chi connectivity index (χ1) is 18.2. The largest absolute Gasteiger partial charge is 0.493 e. The third-order valence-corrected chi connectivity index (χ3v) is 6.20. The molecule has 4 rings (SSSR count). The van der Waals surface area contributed by atoms with Crippen molar-refractivity contribution in [1.29, 1.82) is 10.5 Å². The van der Waals surface area contributed by atoms with Crippen LogP contribution in [0.4, 0.5) is 23.0 Å². The number of anilines is 4. The van der Waals surface area contributed by atoms with Crippen LogP contribution in [0.15, 0.2) is 45.9 Å². The van der Waals surface area contributed by atoms with Gasteiger partial charge in [-0.3, -0.25) is 10.1 Å². The minimum atomic E-state index is -0.786. The van der Waals surface area contributed by atoms with E-state index in [4.69, 9.17) is 26.2 Å². The SMILES string of the molecule is COc1cc(C2N=C(NC#N)Nc3nc(N)c(C#N)c(N)c32)cc(Br)c1OCC(=O)Nc1ccc(C)cc1. The van der Waals surface area contributed by atoms with Crippen LogP contribution in [0.1, 0.15) is 28.3 Å². The Labute approximate surface area is 226 Å². The predicted octanol–water partition coefficient (Wildman–Crippen LogP) is 3.16. The number of benzene rings is 2. The van der Waals surface area contributed by atoms with E-state index in [0.717, 1.165) is 5.56 Å². The second-order valence-corrected chi connectivity index (χ2v) is 8.99. The minimum Gasteiger partial charge on any atom is -0.493 e. The number of aromatic nitrogens is 1. The summed E-state index contributed by atoms with van der Waals surface area (Å²) in [6.45, 7) is 1.69. The number of carbonyl (C=O) groups is 1. The zero-order valence-corrected chi connectivity index (χ0v) is 21.9. The van der Waals surface area contributed by atoms with Crippen molar-refractivity contribution in [2.24, 2.45) is 4.99 Å². The number of ether oxygens (including phenoxy) is 2. The Morgan fingerprint density at radius 3 is 2.63 bits per heavy atom. The van der Waals surface area contributed by atoms with Gasteiger partial charge in [-0.15, -0.1) is 0 Å². The van der Waals surface area contributed by atoms with Gasteiger partial charge in [-0.25, -0.2) is 9.98 Å². The second kappa shape index (κ2) is 10.9. The highest BCUT2D eigenvalue weighted by Crippen LogP contribution is 2.45. The number of nitrogens with zero attached hydrogens (tertiary/aromatic N) is 4. The number of guanidine groups is 1. The molecule has 0 aliphatic carbocycles. The van der Waals surface area contributed by atoms with Crippen molar-refractivity contribution < 1.29 is 14.3 Å². The van der Waals surface area contributed by atoms with Crippen LogP contribution < -0.4 is 36.9 Å². The molecule has 1 unspecified atom stereocenters. The van der Waals surface area contributed by atoms with Crippen LogP contribution >= 0.6 is 15.9 Å². The standard InChI is InChI=1S/C25H22BrN9O3/c1-12-3-5-14(6-4-12)32-18(36)10-38-22-16(26)7-13(8-17(22)37-2)21-19-20(29)15(9-27)23(30)34-24(19)35-25(33-21)31-11-28/h3-8,21H,10H2,1-2H3,(H,32,36)(H6,29,30,31,33,34,35). The third kappa shape index (κ3) is 5.23. The van der Waals surface area contributed by atoms with Crippen LogP contribution in [0.5, 0.6) is 11.5 Å². The molecule has 2 aromatic carbocycles. The van der Waals surface area contributed by atoms with Crippen molar-refractivity contribution >= 4 is 50.8 Å². The maximum atomic E-state index is 12.4. The van der Waals surface area contributed by atoms with Crippen LogP contribution in [0.25, 0.3) is 0 Å². The van der Waals surface area contributed by atoms with Crippen LogP contribution in [0.2, 0.25) is 0 Å². The number of hydrogen-bond acceptors (Lipinski definition) is 11. The van der Waals surface area contributed by atoms with Gasteiger partial charge in [0.2, 0.25) is 5.96 Å². The average Bonchev–Trinajstić information content (AvgIpc) is 2.88. The predicted molar refractivity (Wildman–Crippen MR) is 145 cm³/mol. The molecule has 0 bridgehead atoms. The number of methoxy groups -OCH3 is 1. The molecule has 1 aliphatic heterocycles. The van der Waals surface area contributed by atoms with Crippen LogP contribution in [0, 0.1) is 29.7 Å². The normalized spacial score (nSPS) is 13.6. The molecule has 0 radical (unpaired) electrons. The van der Waals surface area contributed by atoms with Crippen molar-refractivity contribution in [3.63, 3.8) is 0 Å². The van der Waals surface area contributed by atoms with Gasteiger partial charge in [0.05, 0.1) is 17.3 Å². The van der Waals surface area contributed by atoms with Gasteiger partial charge >= 0.3 is 0 Å². The van der Waals surface area contributed by atoms with E-state index in [1.54, 1.807) is 30.5 Å². The summed E-state index contributed by atoms with van der Waals surface area (Å²) in [5.74, 6) is 0.565. The first kappa shape index (κ1) is 26.1. The third-order valence-electron chi connectivity index (χ3n) is 5.61. The number of rotatable bonds is 6. The second-order valence-electron chi connectivity index (χ2n) is 8.14. The zero-order valence-electron chi connectivity index (χ0n) is 20.3. The Bertz CT molecular complexity index is 1530. The Hall–Kier alpha value is -5.01. The molecule has 0 fully saturated rings. The van der Waals surface area contributed by atoms with Gasteiger partial charge in [0.15, 0.2) is 24.3 Å². The van der Waals surface area contributed by atoms with Gasteiger partial charge in [0.25, 0.3) is 5.91 Å². The lowest BCUT2D eigenvalue weighted by molar-refractivity contribution is -0.118. The fourth-order valence-corrected chi connectivity index (χ4v) is 4.41. The molecule has 192 valence electrons.